The number of hydrogen-bond donors (Lipinski definition) is 0. The van der Waals surface area contributed by atoms with E-state index in [0.717, 1.165) is 12.8 Å². The first kappa shape index (κ1) is 16.9. The second-order valence-electron chi connectivity index (χ2n) is 5.16. The fraction of sp³-hybridized carbons (Fsp3) is 0.667. The molecule has 1 heterocycles. The van der Waals surface area contributed by atoms with Gasteiger partial charge in [-0.25, -0.2) is 5.06 Å². The minimum atomic E-state index is -0.551. The average Bonchev–Trinajstić information content (AvgIpc) is 2.68. The summed E-state index contributed by atoms with van der Waals surface area (Å²) < 4.78 is 11.7. The van der Waals surface area contributed by atoms with Gasteiger partial charge in [0.25, 0.3) is 5.91 Å². The van der Waals surface area contributed by atoms with E-state index in [2.05, 4.69) is 0 Å². The molecule has 0 saturated carbocycles. The molecule has 1 fully saturated rings. The van der Waals surface area contributed by atoms with Crippen LogP contribution in [0.3, 0.4) is 0 Å². The number of hydroxylamine groups is 2. The van der Waals surface area contributed by atoms with Crippen LogP contribution in [-0.4, -0.2) is 43.1 Å². The number of allylic oxidation sites excluding steroid dienone is 2. The van der Waals surface area contributed by atoms with Gasteiger partial charge in [0.15, 0.2) is 5.79 Å². The lowest BCUT2D eigenvalue weighted by atomic mass is 10.1. The van der Waals surface area contributed by atoms with Crippen LogP contribution in [-0.2, 0) is 19.1 Å². The molecule has 0 unspecified atom stereocenters. The summed E-state index contributed by atoms with van der Waals surface area (Å²) in [6, 6.07) is 0. The topological polar surface area (TPSA) is 48.0 Å². The standard InChI is InChI=1S/C15H25NO4/c1-6-9-12-13(20-15(2,3)19-12)10-7-8-11-14(17)16(4)18-5/h6,8-9,11-13H,7,10H2,1-5H3/b9-6-,11-8+/t12-,13+/m1/s1. The van der Waals surface area contributed by atoms with Gasteiger partial charge < -0.3 is 9.47 Å². The second-order valence-corrected chi connectivity index (χ2v) is 5.16. The zero-order valence-corrected chi connectivity index (χ0v) is 13.0. The van der Waals surface area contributed by atoms with Crippen LogP contribution < -0.4 is 0 Å². The van der Waals surface area contributed by atoms with Crippen molar-refractivity contribution >= 4 is 5.91 Å². The third-order valence-corrected chi connectivity index (χ3v) is 3.07. The van der Waals surface area contributed by atoms with Crippen molar-refractivity contribution in [1.82, 2.24) is 5.06 Å². The van der Waals surface area contributed by atoms with Crippen molar-refractivity contribution in [2.24, 2.45) is 0 Å². The molecular formula is C15H25NO4. The summed E-state index contributed by atoms with van der Waals surface area (Å²) in [5, 5.41) is 1.18. The second kappa shape index (κ2) is 7.57. The zero-order valence-electron chi connectivity index (χ0n) is 13.0. The molecule has 1 aliphatic rings. The van der Waals surface area contributed by atoms with Gasteiger partial charge in [0.05, 0.1) is 13.2 Å². The van der Waals surface area contributed by atoms with Crippen molar-refractivity contribution in [1.29, 1.82) is 0 Å². The van der Waals surface area contributed by atoms with Crippen molar-refractivity contribution in [3.63, 3.8) is 0 Å². The van der Waals surface area contributed by atoms with E-state index < -0.39 is 5.79 Å². The van der Waals surface area contributed by atoms with Crippen molar-refractivity contribution in [3.8, 4) is 0 Å². The minimum absolute atomic E-state index is 0.0149. The Kier molecular flexibility index (Phi) is 6.39. The highest BCUT2D eigenvalue weighted by Crippen LogP contribution is 2.31. The maximum Gasteiger partial charge on any atom is 0.269 e. The summed E-state index contributed by atoms with van der Waals surface area (Å²) in [5.41, 5.74) is 0. The number of hydrogen-bond acceptors (Lipinski definition) is 4. The Bertz CT molecular complexity index is 376. The van der Waals surface area contributed by atoms with Gasteiger partial charge >= 0.3 is 0 Å². The van der Waals surface area contributed by atoms with Crippen LogP contribution in [0.1, 0.15) is 33.6 Å². The third-order valence-electron chi connectivity index (χ3n) is 3.07. The van der Waals surface area contributed by atoms with E-state index in [1.165, 1.54) is 18.2 Å². The molecular weight excluding hydrogens is 258 g/mol. The first-order valence-corrected chi connectivity index (χ1v) is 6.86. The quantitative estimate of drug-likeness (QED) is 0.427. The third kappa shape index (κ3) is 5.07. The number of carbonyl (C=O) groups is 1. The predicted molar refractivity (Wildman–Crippen MR) is 76.8 cm³/mol. The first-order chi connectivity index (χ1) is 9.39. The molecule has 0 aromatic rings. The van der Waals surface area contributed by atoms with E-state index in [-0.39, 0.29) is 18.1 Å². The number of likely N-dealkylation sites (N-methyl/N-ethyl adjacent to an activating group) is 1. The number of nitrogens with zero attached hydrogens (tertiary/aromatic N) is 1. The van der Waals surface area contributed by atoms with Gasteiger partial charge in [-0.2, -0.15) is 0 Å². The fourth-order valence-electron chi connectivity index (χ4n) is 2.08. The molecule has 114 valence electrons. The fourth-order valence-corrected chi connectivity index (χ4v) is 2.08. The lowest BCUT2D eigenvalue weighted by Crippen LogP contribution is -2.23. The molecule has 0 radical (unpaired) electrons. The Morgan fingerprint density at radius 1 is 1.40 bits per heavy atom. The Labute approximate surface area is 121 Å². The molecule has 1 rings (SSSR count). The van der Waals surface area contributed by atoms with E-state index in [0.29, 0.717) is 0 Å². The van der Waals surface area contributed by atoms with Crippen LogP contribution in [0.2, 0.25) is 0 Å². The van der Waals surface area contributed by atoms with Crippen LogP contribution >= 0.6 is 0 Å². The Hall–Kier alpha value is -1.17. The van der Waals surface area contributed by atoms with E-state index in [4.69, 9.17) is 14.3 Å². The minimum Gasteiger partial charge on any atom is -0.344 e. The predicted octanol–water partition coefficient (Wildman–Crippen LogP) is 2.44. The molecule has 0 aromatic carbocycles. The van der Waals surface area contributed by atoms with Gasteiger partial charge in [0.1, 0.15) is 6.10 Å². The molecule has 2 atom stereocenters. The molecule has 0 spiro atoms. The number of rotatable bonds is 6. The summed E-state index contributed by atoms with van der Waals surface area (Å²) in [7, 11) is 3.03. The summed E-state index contributed by atoms with van der Waals surface area (Å²) in [6.07, 6.45) is 8.86. The van der Waals surface area contributed by atoms with Gasteiger partial charge in [-0.1, -0.05) is 18.2 Å². The summed E-state index contributed by atoms with van der Waals surface area (Å²) in [5.74, 6) is -0.730. The van der Waals surface area contributed by atoms with Gasteiger partial charge in [-0.05, 0) is 33.6 Å². The SMILES string of the molecule is C/C=C\[C@H]1OC(C)(C)O[C@H]1CC/C=C/C(=O)N(C)OC. The van der Waals surface area contributed by atoms with Gasteiger partial charge in [-0.15, -0.1) is 0 Å². The monoisotopic (exact) mass is 283 g/mol. The van der Waals surface area contributed by atoms with Crippen LogP contribution in [0.15, 0.2) is 24.3 Å². The average molecular weight is 283 g/mol. The van der Waals surface area contributed by atoms with Gasteiger partial charge in [0, 0.05) is 13.1 Å². The van der Waals surface area contributed by atoms with Crippen LogP contribution in [0.25, 0.3) is 0 Å². The van der Waals surface area contributed by atoms with Gasteiger partial charge in [0.2, 0.25) is 0 Å². The summed E-state index contributed by atoms with van der Waals surface area (Å²) in [6.45, 7) is 5.79. The maximum absolute atomic E-state index is 11.5. The lowest BCUT2D eigenvalue weighted by Gasteiger charge is -2.16. The van der Waals surface area contributed by atoms with E-state index in [1.54, 1.807) is 7.05 Å². The normalized spacial score (nSPS) is 25.6. The molecule has 0 bridgehead atoms. The summed E-state index contributed by atoms with van der Waals surface area (Å²) >= 11 is 0. The highest BCUT2D eigenvalue weighted by Gasteiger charge is 2.39. The molecule has 0 aromatic heterocycles. The van der Waals surface area contributed by atoms with E-state index >= 15 is 0 Å². The Morgan fingerprint density at radius 2 is 2.10 bits per heavy atom. The molecule has 20 heavy (non-hydrogen) atoms. The maximum atomic E-state index is 11.5. The number of ether oxygens (including phenoxy) is 2. The van der Waals surface area contributed by atoms with Crippen molar-refractivity contribution < 1.29 is 19.1 Å². The first-order valence-electron chi connectivity index (χ1n) is 6.86. The highest BCUT2D eigenvalue weighted by molar-refractivity contribution is 5.86. The molecule has 0 N–H and O–H groups in total. The number of amides is 1. The van der Waals surface area contributed by atoms with Crippen molar-refractivity contribution in [2.75, 3.05) is 14.2 Å². The molecule has 5 nitrogen and oxygen atoms in total. The molecule has 0 aliphatic carbocycles. The Morgan fingerprint density at radius 3 is 2.70 bits per heavy atom. The molecule has 5 heteroatoms. The van der Waals surface area contributed by atoms with Crippen LogP contribution in [0.4, 0.5) is 0 Å². The Balaban J connectivity index is 2.44. The smallest absolute Gasteiger partial charge is 0.269 e. The molecule has 1 saturated heterocycles. The largest absolute Gasteiger partial charge is 0.344 e. The van der Waals surface area contributed by atoms with Crippen molar-refractivity contribution in [3.05, 3.63) is 24.3 Å². The number of carbonyl (C=O) groups excluding carboxylic acids is 1. The van der Waals surface area contributed by atoms with E-state index in [1.807, 2.05) is 39.0 Å². The summed E-state index contributed by atoms with van der Waals surface area (Å²) in [4.78, 5) is 16.3. The van der Waals surface area contributed by atoms with Crippen LogP contribution in [0, 0.1) is 0 Å². The van der Waals surface area contributed by atoms with Gasteiger partial charge in [-0.3, -0.25) is 9.63 Å². The van der Waals surface area contributed by atoms with Crippen molar-refractivity contribution in [2.45, 2.75) is 51.6 Å². The molecule has 1 amide bonds. The molecule has 1 aliphatic heterocycles. The zero-order chi connectivity index (χ0) is 15.2. The lowest BCUT2D eigenvalue weighted by molar-refractivity contribution is -0.162. The van der Waals surface area contributed by atoms with Crippen LogP contribution in [0.5, 0.6) is 0 Å². The van der Waals surface area contributed by atoms with E-state index in [9.17, 15) is 4.79 Å². The highest BCUT2D eigenvalue weighted by atomic mass is 16.7.